The lowest BCUT2D eigenvalue weighted by Gasteiger charge is -2.33. The minimum Gasteiger partial charge on any atom is -0.484 e. The number of benzene rings is 1. The number of hydrogen-bond donors (Lipinski definition) is 2. The van der Waals surface area contributed by atoms with Gasteiger partial charge < -0.3 is 24.6 Å². The smallest absolute Gasteiger partial charge is 0.320 e. The molecule has 1 saturated heterocycles. The Morgan fingerprint density at radius 1 is 1.00 bits per heavy atom. The molecule has 5 aromatic rings. The number of amides is 2. The summed E-state index contributed by atoms with van der Waals surface area (Å²) >= 11 is 0. The minimum absolute atomic E-state index is 0.173. The topological polar surface area (TPSA) is 140 Å². The minimum atomic E-state index is -0.331. The largest absolute Gasteiger partial charge is 0.484 e. The first-order chi connectivity index (χ1) is 25.0. The van der Waals surface area contributed by atoms with E-state index in [4.69, 9.17) is 14.6 Å². The van der Waals surface area contributed by atoms with Crippen LogP contribution in [0.3, 0.4) is 0 Å². The molecule has 14 heteroatoms. The number of nitrogens with one attached hydrogen (secondary N) is 2. The van der Waals surface area contributed by atoms with E-state index in [-0.39, 0.29) is 23.6 Å². The monoisotopic (exact) mass is 707 g/mol. The Morgan fingerprint density at radius 2 is 1.83 bits per heavy atom. The summed E-state index contributed by atoms with van der Waals surface area (Å²) in [6.07, 6.45) is 8.40. The molecule has 2 amide bonds. The first kappa shape index (κ1) is 35.2. The van der Waals surface area contributed by atoms with Gasteiger partial charge in [-0.15, -0.1) is 15.3 Å². The number of likely N-dealkylation sites (N-methyl/N-ethyl adjacent to an activating group) is 1. The Labute approximate surface area is 304 Å². The van der Waals surface area contributed by atoms with Crippen molar-refractivity contribution in [1.29, 1.82) is 0 Å². The van der Waals surface area contributed by atoms with Crippen molar-refractivity contribution in [3.05, 3.63) is 77.7 Å². The predicted molar refractivity (Wildman–Crippen MR) is 199 cm³/mol. The van der Waals surface area contributed by atoms with Crippen molar-refractivity contribution in [1.82, 2.24) is 44.8 Å². The fourth-order valence-corrected chi connectivity index (χ4v) is 6.91. The Morgan fingerprint density at radius 3 is 2.62 bits per heavy atom. The first-order valence-corrected chi connectivity index (χ1v) is 18.2. The predicted octanol–water partition coefficient (Wildman–Crippen LogP) is 6.10. The Bertz CT molecular complexity index is 2020. The molecule has 0 saturated carbocycles. The molecule has 5 heterocycles. The Kier molecular flexibility index (Phi) is 10.00. The van der Waals surface area contributed by atoms with Gasteiger partial charge in [-0.25, -0.2) is 9.48 Å². The average Bonchev–Trinajstić information content (AvgIpc) is 3.74. The number of urea groups is 1. The number of piperidine rings is 1. The molecule has 1 aliphatic carbocycles. The standard InChI is InChI=1S/C38H49N11O3/c1-25-11-9-10-18-47(25)37-44-42-33-17-14-27(24-48(33)37)52-31-16-15-30(28-12-7-8-13-29(28)31)40-36(50)41-34-22-32(38(2,3)4)45-49(34)26-21-35(43-39-23-26)51-20-19-46(5)6/h7-8,12-14,17,21-25,30-31H,9-11,15-16,18-20H2,1-6H3,(H2,40,41,50). The molecule has 1 aromatic carbocycles. The van der Waals surface area contributed by atoms with Gasteiger partial charge in [0, 0.05) is 36.7 Å². The maximum Gasteiger partial charge on any atom is 0.320 e. The van der Waals surface area contributed by atoms with Crippen LogP contribution in [0.4, 0.5) is 16.6 Å². The molecule has 3 unspecified atom stereocenters. The number of carbonyl (C=O) groups is 1. The third-order valence-electron chi connectivity index (χ3n) is 9.81. The van der Waals surface area contributed by atoms with Gasteiger partial charge in [-0.1, -0.05) is 45.0 Å². The van der Waals surface area contributed by atoms with Crippen LogP contribution in [-0.4, -0.2) is 85.3 Å². The molecule has 0 spiro atoms. The van der Waals surface area contributed by atoms with Crippen LogP contribution in [0.2, 0.25) is 0 Å². The lowest BCUT2D eigenvalue weighted by atomic mass is 9.85. The zero-order chi connectivity index (χ0) is 36.4. The molecule has 3 atom stereocenters. The van der Waals surface area contributed by atoms with Gasteiger partial charge in [-0.05, 0) is 76.4 Å². The van der Waals surface area contributed by atoms with Crippen LogP contribution in [0.25, 0.3) is 11.3 Å². The summed E-state index contributed by atoms with van der Waals surface area (Å²) in [6.45, 7) is 10.7. The number of rotatable bonds is 10. The van der Waals surface area contributed by atoms with E-state index in [1.165, 1.54) is 6.42 Å². The van der Waals surface area contributed by atoms with E-state index in [0.717, 1.165) is 66.5 Å². The first-order valence-electron chi connectivity index (χ1n) is 18.2. The van der Waals surface area contributed by atoms with Crippen molar-refractivity contribution in [2.24, 2.45) is 0 Å². The maximum atomic E-state index is 13.7. The average molecular weight is 708 g/mol. The second-order valence-electron chi connectivity index (χ2n) is 15.1. The molecule has 14 nitrogen and oxygen atoms in total. The highest BCUT2D eigenvalue weighted by Gasteiger charge is 2.31. The van der Waals surface area contributed by atoms with Crippen LogP contribution in [0.5, 0.6) is 11.6 Å². The van der Waals surface area contributed by atoms with Gasteiger partial charge in [0.25, 0.3) is 0 Å². The van der Waals surface area contributed by atoms with Crippen molar-refractivity contribution in [3.63, 3.8) is 0 Å². The second kappa shape index (κ2) is 14.8. The number of ether oxygens (including phenoxy) is 2. The number of fused-ring (bicyclic) bond motifs is 2. The number of pyridine rings is 1. The number of anilines is 2. The molecule has 52 heavy (non-hydrogen) atoms. The second-order valence-corrected chi connectivity index (χ2v) is 15.1. The van der Waals surface area contributed by atoms with Gasteiger partial charge in [0.15, 0.2) is 5.65 Å². The van der Waals surface area contributed by atoms with Gasteiger partial charge >= 0.3 is 6.03 Å². The summed E-state index contributed by atoms with van der Waals surface area (Å²) < 4.78 is 16.2. The molecule has 1 fully saturated rings. The fourth-order valence-electron chi connectivity index (χ4n) is 6.91. The molecule has 274 valence electrons. The molecule has 2 N–H and O–H groups in total. The van der Waals surface area contributed by atoms with E-state index in [9.17, 15) is 4.79 Å². The summed E-state index contributed by atoms with van der Waals surface area (Å²) in [5, 5.41) is 28.4. The number of nitrogens with zero attached hydrogens (tertiary/aromatic N) is 9. The van der Waals surface area contributed by atoms with Gasteiger partial charge in [0.05, 0.1) is 29.8 Å². The van der Waals surface area contributed by atoms with Crippen molar-refractivity contribution in [3.8, 4) is 17.3 Å². The fraction of sp³-hybridized carbons (Fsp3) is 0.474. The lowest BCUT2D eigenvalue weighted by molar-refractivity contribution is 0.171. The number of carbonyl (C=O) groups excluding carboxylic acids is 1. The van der Waals surface area contributed by atoms with Gasteiger partial charge in [0.2, 0.25) is 11.8 Å². The summed E-state index contributed by atoms with van der Waals surface area (Å²) in [5.41, 5.74) is 4.07. The third-order valence-corrected chi connectivity index (χ3v) is 9.81. The Balaban J connectivity index is 1.07. The highest BCUT2D eigenvalue weighted by Crippen LogP contribution is 2.39. The van der Waals surface area contributed by atoms with E-state index < -0.39 is 0 Å². The van der Waals surface area contributed by atoms with Gasteiger partial charge in [0.1, 0.15) is 24.3 Å². The SMILES string of the molecule is CC1CCCCN1c1nnc2ccc(OC3CCC(NC(=O)Nc4cc(C(C)(C)C)nn4-c4cnnc(OCCN(C)C)c4)c4ccccc43)cn12. The van der Waals surface area contributed by atoms with Crippen molar-refractivity contribution < 1.29 is 14.3 Å². The van der Waals surface area contributed by atoms with Gasteiger partial charge in [-0.3, -0.25) is 9.72 Å². The quantitative estimate of drug-likeness (QED) is 0.175. The zero-order valence-electron chi connectivity index (χ0n) is 30.9. The highest BCUT2D eigenvalue weighted by atomic mass is 16.5. The zero-order valence-corrected chi connectivity index (χ0v) is 30.9. The van der Waals surface area contributed by atoms with Crippen LogP contribution in [0.1, 0.15) is 88.8 Å². The van der Waals surface area contributed by atoms with E-state index in [1.807, 2.05) is 59.9 Å². The highest BCUT2D eigenvalue weighted by molar-refractivity contribution is 5.89. The molecule has 0 radical (unpaired) electrons. The van der Waals surface area contributed by atoms with Crippen LogP contribution < -0.4 is 25.0 Å². The normalized spacial score (nSPS) is 19.1. The van der Waals surface area contributed by atoms with E-state index in [0.29, 0.717) is 36.5 Å². The van der Waals surface area contributed by atoms with E-state index in [2.05, 4.69) is 75.8 Å². The van der Waals surface area contributed by atoms with Crippen LogP contribution >= 0.6 is 0 Å². The van der Waals surface area contributed by atoms with Gasteiger partial charge in [-0.2, -0.15) is 10.2 Å². The lowest BCUT2D eigenvalue weighted by Crippen LogP contribution is -2.38. The van der Waals surface area contributed by atoms with Crippen LogP contribution in [0, 0.1) is 0 Å². The summed E-state index contributed by atoms with van der Waals surface area (Å²) in [5.74, 6) is 2.51. The summed E-state index contributed by atoms with van der Waals surface area (Å²) in [7, 11) is 3.97. The summed E-state index contributed by atoms with van der Waals surface area (Å²) in [6, 6.07) is 15.6. The molecule has 7 rings (SSSR count). The molecular formula is C38H49N11O3. The van der Waals surface area contributed by atoms with Crippen LogP contribution in [-0.2, 0) is 5.41 Å². The number of hydrogen-bond acceptors (Lipinski definition) is 10. The molecule has 0 bridgehead atoms. The van der Waals surface area contributed by atoms with Crippen molar-refractivity contribution in [2.45, 2.75) is 83.4 Å². The number of aromatic nitrogens is 7. The maximum absolute atomic E-state index is 13.7. The molecule has 4 aromatic heterocycles. The van der Waals surface area contributed by atoms with Crippen LogP contribution in [0.15, 0.2) is 60.9 Å². The van der Waals surface area contributed by atoms with E-state index in [1.54, 1.807) is 16.9 Å². The molecular weight excluding hydrogens is 658 g/mol. The van der Waals surface area contributed by atoms with Crippen molar-refractivity contribution >= 4 is 23.4 Å². The van der Waals surface area contributed by atoms with E-state index >= 15 is 0 Å². The molecule has 1 aliphatic heterocycles. The molecule has 2 aliphatic rings. The third kappa shape index (κ3) is 7.66. The van der Waals surface area contributed by atoms with Crippen molar-refractivity contribution in [2.75, 3.05) is 44.0 Å². The Hall–Kier alpha value is -5.24. The summed E-state index contributed by atoms with van der Waals surface area (Å²) in [4.78, 5) is 18.1.